The number of hydrogen-bond donors (Lipinski definition) is 2. The van der Waals surface area contributed by atoms with E-state index in [1.165, 1.54) is 0 Å². The highest BCUT2D eigenvalue weighted by atomic mass is 16.5. The maximum atomic E-state index is 14.0. The predicted octanol–water partition coefficient (Wildman–Crippen LogP) is 4.39. The topological polar surface area (TPSA) is 102 Å². The number of esters is 1. The summed E-state index contributed by atoms with van der Waals surface area (Å²) >= 11 is 0. The number of nitrogens with two attached hydrogens (primary N) is 1. The third-order valence-electron chi connectivity index (χ3n) is 7.28. The van der Waals surface area contributed by atoms with Crippen molar-refractivity contribution in [1.29, 1.82) is 0 Å². The number of hydrogen-bond acceptors (Lipinski definition) is 6. The lowest BCUT2D eigenvalue weighted by Gasteiger charge is -2.47. The molecule has 3 N–H and O–H groups in total. The van der Waals surface area contributed by atoms with Crippen LogP contribution in [0.1, 0.15) is 50.3 Å². The van der Waals surface area contributed by atoms with E-state index in [2.05, 4.69) is 5.32 Å². The average molecular weight is 486 g/mol. The Morgan fingerprint density at radius 2 is 1.81 bits per heavy atom. The molecule has 5 rings (SSSR count). The first kappa shape index (κ1) is 23.9. The largest absolute Gasteiger partial charge is 0.462 e. The van der Waals surface area contributed by atoms with Gasteiger partial charge < -0.3 is 15.8 Å². The first-order valence-electron chi connectivity index (χ1n) is 12.2. The minimum atomic E-state index is -1.68. The van der Waals surface area contributed by atoms with Crippen molar-refractivity contribution in [3.05, 3.63) is 81.8 Å². The van der Waals surface area contributed by atoms with E-state index >= 15 is 0 Å². The molecule has 0 radical (unpaired) electrons. The summed E-state index contributed by atoms with van der Waals surface area (Å²) in [7, 11) is 0. The normalized spacial score (nSPS) is 22.5. The van der Waals surface area contributed by atoms with Gasteiger partial charge in [-0.1, -0.05) is 43.7 Å². The summed E-state index contributed by atoms with van der Waals surface area (Å²) in [6, 6.07) is 13.3. The number of aryl methyl sites for hydroxylation is 2. The van der Waals surface area contributed by atoms with Gasteiger partial charge in [0.2, 0.25) is 5.91 Å². The molecule has 186 valence electrons. The van der Waals surface area contributed by atoms with Crippen molar-refractivity contribution in [1.82, 2.24) is 0 Å². The highest BCUT2D eigenvalue weighted by molar-refractivity contribution is 6.23. The molecule has 1 unspecified atom stereocenters. The molecule has 2 aromatic rings. The molecule has 0 aromatic heterocycles. The van der Waals surface area contributed by atoms with Gasteiger partial charge in [0.25, 0.3) is 0 Å². The van der Waals surface area contributed by atoms with Gasteiger partial charge in [0.05, 0.1) is 6.61 Å². The van der Waals surface area contributed by atoms with Gasteiger partial charge in [0.15, 0.2) is 5.78 Å². The second-order valence-corrected chi connectivity index (χ2v) is 10.7. The minimum Gasteiger partial charge on any atom is -0.462 e. The molecule has 0 fully saturated rings. The van der Waals surface area contributed by atoms with Gasteiger partial charge in [-0.15, -0.1) is 0 Å². The fourth-order valence-corrected chi connectivity index (χ4v) is 5.91. The first-order valence-corrected chi connectivity index (χ1v) is 12.2. The van der Waals surface area contributed by atoms with E-state index < -0.39 is 17.3 Å². The molecule has 0 saturated heterocycles. The molecule has 2 aliphatic heterocycles. The molecule has 2 aromatic carbocycles. The number of amides is 1. The Labute approximate surface area is 211 Å². The fraction of sp³-hybridized carbons (Fsp3) is 0.345. The zero-order chi connectivity index (χ0) is 26.0. The molecule has 1 spiro atoms. The first-order chi connectivity index (χ1) is 17.0. The molecule has 1 atom stereocenters. The standard InChI is InChI=1S/C29H31N3O4/c1-6-36-26(34)24-25(30)32(18-9-7-8-16(2)12-18)21-14-28(4,5)15-22(33)23(21)29(24)19-13-17(3)10-11-20(19)31-27(29)35/h7-13H,6,14-15,30H2,1-5H3,(H,31,35). The summed E-state index contributed by atoms with van der Waals surface area (Å²) in [5, 5.41) is 2.93. The number of nitrogens with one attached hydrogen (secondary N) is 1. The highest BCUT2D eigenvalue weighted by Crippen LogP contribution is 2.57. The lowest BCUT2D eigenvalue weighted by Crippen LogP contribution is -2.54. The molecule has 0 bridgehead atoms. The molecule has 1 amide bonds. The van der Waals surface area contributed by atoms with Crippen molar-refractivity contribution in [2.45, 2.75) is 52.9 Å². The molecule has 0 saturated carbocycles. The van der Waals surface area contributed by atoms with Crippen molar-refractivity contribution in [2.75, 3.05) is 16.8 Å². The van der Waals surface area contributed by atoms with Crippen molar-refractivity contribution >= 4 is 29.0 Å². The lowest BCUT2D eigenvalue weighted by atomic mass is 9.60. The van der Waals surface area contributed by atoms with Crippen LogP contribution in [0.15, 0.2) is 65.1 Å². The summed E-state index contributed by atoms with van der Waals surface area (Å²) < 4.78 is 5.48. The number of ether oxygens (including phenoxy) is 1. The van der Waals surface area contributed by atoms with Crippen molar-refractivity contribution < 1.29 is 19.1 Å². The Morgan fingerprint density at radius 3 is 2.50 bits per heavy atom. The molecular weight excluding hydrogens is 454 g/mol. The molecule has 36 heavy (non-hydrogen) atoms. The number of allylic oxidation sites excluding steroid dienone is 1. The zero-order valence-corrected chi connectivity index (χ0v) is 21.3. The van der Waals surface area contributed by atoms with Crippen LogP contribution in [0.5, 0.6) is 0 Å². The van der Waals surface area contributed by atoms with Gasteiger partial charge in [0, 0.05) is 34.6 Å². The van der Waals surface area contributed by atoms with E-state index in [-0.39, 0.29) is 35.6 Å². The monoisotopic (exact) mass is 485 g/mol. The van der Waals surface area contributed by atoms with Crippen molar-refractivity contribution in [3.63, 3.8) is 0 Å². The van der Waals surface area contributed by atoms with E-state index in [1.54, 1.807) is 17.9 Å². The van der Waals surface area contributed by atoms with Gasteiger partial charge in [0.1, 0.15) is 16.8 Å². The van der Waals surface area contributed by atoms with E-state index in [0.29, 0.717) is 28.9 Å². The van der Waals surface area contributed by atoms with Gasteiger partial charge >= 0.3 is 5.97 Å². The Kier molecular flexibility index (Phi) is 5.36. The van der Waals surface area contributed by atoms with Crippen molar-refractivity contribution in [2.24, 2.45) is 11.1 Å². The summed E-state index contributed by atoms with van der Waals surface area (Å²) in [5.41, 5.74) is 9.53. The van der Waals surface area contributed by atoms with Gasteiger partial charge in [-0.25, -0.2) is 4.79 Å². The number of rotatable bonds is 3. The quantitative estimate of drug-likeness (QED) is 0.626. The SMILES string of the molecule is CCOC(=O)C1=C(N)N(c2cccc(C)c2)C2=C(C(=O)CC(C)(C)C2)C12C(=O)Nc1ccc(C)cc12. The van der Waals surface area contributed by atoms with Gasteiger partial charge in [-0.05, 0) is 56.4 Å². The molecule has 7 heteroatoms. The predicted molar refractivity (Wildman–Crippen MR) is 138 cm³/mol. The Bertz CT molecular complexity index is 1400. The zero-order valence-electron chi connectivity index (χ0n) is 21.3. The minimum absolute atomic E-state index is 0.0143. The summed E-state index contributed by atoms with van der Waals surface area (Å²) in [5.74, 6) is -1.23. The number of Topliss-reactive ketones (excluding diaryl/α,β-unsaturated/α-hetero) is 1. The maximum Gasteiger partial charge on any atom is 0.339 e. The highest BCUT2D eigenvalue weighted by Gasteiger charge is 2.63. The average Bonchev–Trinajstić information content (AvgIpc) is 3.04. The van der Waals surface area contributed by atoms with Gasteiger partial charge in [-0.2, -0.15) is 0 Å². The second kappa shape index (κ2) is 8.08. The van der Waals surface area contributed by atoms with E-state index in [0.717, 1.165) is 16.8 Å². The molecule has 2 heterocycles. The molecule has 7 nitrogen and oxygen atoms in total. The third-order valence-corrected chi connectivity index (χ3v) is 7.28. The van der Waals surface area contributed by atoms with E-state index in [1.807, 2.05) is 64.1 Å². The third kappa shape index (κ3) is 3.29. The van der Waals surface area contributed by atoms with Crippen LogP contribution in [-0.4, -0.2) is 24.3 Å². The maximum absolute atomic E-state index is 14.0. The van der Waals surface area contributed by atoms with Crippen LogP contribution in [0.3, 0.4) is 0 Å². The Balaban J connectivity index is 1.93. The lowest BCUT2D eigenvalue weighted by molar-refractivity contribution is -0.140. The molecular formula is C29H31N3O4. The second-order valence-electron chi connectivity index (χ2n) is 10.7. The van der Waals surface area contributed by atoms with Crippen LogP contribution < -0.4 is 16.0 Å². The Morgan fingerprint density at radius 1 is 1.08 bits per heavy atom. The Hall–Kier alpha value is -3.87. The summed E-state index contributed by atoms with van der Waals surface area (Å²) in [4.78, 5) is 43.5. The number of carbonyl (C=O) groups is 3. The van der Waals surface area contributed by atoms with E-state index in [4.69, 9.17) is 10.5 Å². The number of fused-ring (bicyclic) bond motifs is 3. The number of nitrogens with zero attached hydrogens (tertiary/aromatic N) is 1. The molecule has 1 aliphatic carbocycles. The molecule has 3 aliphatic rings. The van der Waals surface area contributed by atoms with Crippen LogP contribution in [0, 0.1) is 19.3 Å². The number of carbonyl (C=O) groups excluding carboxylic acids is 3. The van der Waals surface area contributed by atoms with Crippen LogP contribution in [0.25, 0.3) is 0 Å². The van der Waals surface area contributed by atoms with E-state index in [9.17, 15) is 14.4 Å². The number of anilines is 2. The van der Waals surface area contributed by atoms with Gasteiger partial charge in [-0.3, -0.25) is 14.5 Å². The van der Waals surface area contributed by atoms with Crippen molar-refractivity contribution in [3.8, 4) is 0 Å². The smallest absolute Gasteiger partial charge is 0.339 e. The summed E-state index contributed by atoms with van der Waals surface area (Å²) in [6.07, 6.45) is 0.759. The van der Waals surface area contributed by atoms with Crippen LogP contribution in [0.2, 0.25) is 0 Å². The van der Waals surface area contributed by atoms with Crippen LogP contribution in [0.4, 0.5) is 11.4 Å². The van der Waals surface area contributed by atoms with Crippen LogP contribution >= 0.6 is 0 Å². The number of ketones is 1. The van der Waals surface area contributed by atoms with Crippen LogP contribution in [-0.2, 0) is 24.5 Å². The summed E-state index contributed by atoms with van der Waals surface area (Å²) in [6.45, 7) is 9.75. The fourth-order valence-electron chi connectivity index (χ4n) is 5.91. The number of benzene rings is 2.